The standard InChI is InChI=1S/C26H21ClN2O4S/c1-2-32-25(31)18-10-13-22-23(15-18)34-26(28-22)29-24(30)14-9-17-7-11-20(12-8-17)33-16-19-5-3-4-6-21(19)27/h3-15H,2,16H2,1H3,(H,28,29,30)/b14-9+. The Balaban J connectivity index is 1.34. The van der Waals surface area contributed by atoms with E-state index in [1.165, 1.54) is 17.4 Å². The first-order valence-electron chi connectivity index (χ1n) is 10.5. The van der Waals surface area contributed by atoms with Gasteiger partial charge in [0.1, 0.15) is 12.4 Å². The second-order valence-corrected chi connectivity index (χ2v) is 8.63. The molecule has 1 aromatic heterocycles. The highest BCUT2D eigenvalue weighted by Gasteiger charge is 2.11. The van der Waals surface area contributed by atoms with Crippen molar-refractivity contribution in [2.45, 2.75) is 13.5 Å². The van der Waals surface area contributed by atoms with Gasteiger partial charge in [0.15, 0.2) is 5.13 Å². The number of hydrogen-bond donors (Lipinski definition) is 1. The van der Waals surface area contributed by atoms with Crippen molar-refractivity contribution in [3.8, 4) is 5.75 Å². The van der Waals surface area contributed by atoms with Crippen molar-refractivity contribution in [2.24, 2.45) is 0 Å². The average Bonchev–Trinajstić information content (AvgIpc) is 3.24. The van der Waals surface area contributed by atoms with Crippen molar-refractivity contribution < 1.29 is 19.1 Å². The summed E-state index contributed by atoms with van der Waals surface area (Å²) in [5, 5.41) is 3.88. The number of fused-ring (bicyclic) bond motifs is 1. The van der Waals surface area contributed by atoms with Gasteiger partial charge in [-0.1, -0.05) is 53.3 Å². The Morgan fingerprint density at radius 2 is 1.88 bits per heavy atom. The monoisotopic (exact) mass is 492 g/mol. The van der Waals surface area contributed by atoms with Crippen LogP contribution in [0.25, 0.3) is 16.3 Å². The third kappa shape index (κ3) is 6.01. The lowest BCUT2D eigenvalue weighted by molar-refractivity contribution is -0.111. The maximum absolute atomic E-state index is 12.3. The topological polar surface area (TPSA) is 77.5 Å². The lowest BCUT2D eigenvalue weighted by Crippen LogP contribution is -2.07. The normalized spacial score (nSPS) is 11.0. The minimum atomic E-state index is -0.383. The number of ether oxygens (including phenoxy) is 2. The number of hydrogen-bond acceptors (Lipinski definition) is 6. The van der Waals surface area contributed by atoms with Gasteiger partial charge in [0, 0.05) is 16.7 Å². The molecule has 172 valence electrons. The molecule has 1 heterocycles. The number of halogens is 1. The minimum Gasteiger partial charge on any atom is -0.489 e. The minimum absolute atomic E-state index is 0.302. The third-order valence-corrected chi connectivity index (χ3v) is 6.09. The molecule has 0 bridgehead atoms. The number of nitrogens with zero attached hydrogens (tertiary/aromatic N) is 1. The van der Waals surface area contributed by atoms with E-state index in [4.69, 9.17) is 21.1 Å². The number of anilines is 1. The van der Waals surface area contributed by atoms with Crippen LogP contribution in [-0.4, -0.2) is 23.5 Å². The van der Waals surface area contributed by atoms with Crippen molar-refractivity contribution in [3.63, 3.8) is 0 Å². The molecule has 1 amide bonds. The van der Waals surface area contributed by atoms with Gasteiger partial charge in [-0.3, -0.25) is 10.1 Å². The van der Waals surface area contributed by atoms with Crippen molar-refractivity contribution in [2.75, 3.05) is 11.9 Å². The van der Waals surface area contributed by atoms with Crippen molar-refractivity contribution in [3.05, 3.63) is 94.5 Å². The van der Waals surface area contributed by atoms with Crippen LogP contribution in [0.2, 0.25) is 5.02 Å². The van der Waals surface area contributed by atoms with Crippen LogP contribution in [0.4, 0.5) is 5.13 Å². The van der Waals surface area contributed by atoms with Gasteiger partial charge in [0.05, 0.1) is 22.4 Å². The molecule has 0 spiro atoms. The number of benzene rings is 3. The Kier molecular flexibility index (Phi) is 7.57. The molecule has 3 aromatic carbocycles. The van der Waals surface area contributed by atoms with Gasteiger partial charge in [0.2, 0.25) is 5.91 Å². The molecule has 0 radical (unpaired) electrons. The Morgan fingerprint density at radius 3 is 2.65 bits per heavy atom. The molecule has 0 aliphatic carbocycles. The lowest BCUT2D eigenvalue weighted by atomic mass is 10.2. The van der Waals surface area contributed by atoms with Crippen LogP contribution in [0.5, 0.6) is 5.75 Å². The van der Waals surface area contributed by atoms with Crippen LogP contribution in [0, 0.1) is 0 Å². The number of rotatable bonds is 8. The van der Waals surface area contributed by atoms with Crippen LogP contribution in [0.15, 0.2) is 72.8 Å². The van der Waals surface area contributed by atoms with E-state index in [0.717, 1.165) is 15.8 Å². The largest absolute Gasteiger partial charge is 0.489 e. The SMILES string of the molecule is CCOC(=O)c1ccc2nc(NC(=O)/C=C/c3ccc(OCc4ccccc4Cl)cc3)sc2c1. The van der Waals surface area contributed by atoms with Crippen LogP contribution in [-0.2, 0) is 16.1 Å². The summed E-state index contributed by atoms with van der Waals surface area (Å²) in [7, 11) is 0. The molecule has 0 fully saturated rings. The number of nitrogens with one attached hydrogen (secondary N) is 1. The number of carbonyl (C=O) groups is 2. The number of thiazole rings is 1. The van der Waals surface area contributed by atoms with Gasteiger partial charge in [-0.05, 0) is 55.0 Å². The molecular formula is C26H21ClN2O4S. The zero-order chi connectivity index (χ0) is 23.9. The molecule has 4 aromatic rings. The van der Waals surface area contributed by atoms with Gasteiger partial charge in [-0.25, -0.2) is 9.78 Å². The summed E-state index contributed by atoms with van der Waals surface area (Å²) in [6.07, 6.45) is 3.15. The number of carbonyl (C=O) groups excluding carboxylic acids is 2. The summed E-state index contributed by atoms with van der Waals surface area (Å²) < 4.78 is 11.6. The maximum Gasteiger partial charge on any atom is 0.338 e. The first-order chi connectivity index (χ1) is 16.5. The van der Waals surface area contributed by atoms with Crippen molar-refractivity contribution in [1.29, 1.82) is 0 Å². The fourth-order valence-corrected chi connectivity index (χ4v) is 4.19. The fourth-order valence-electron chi connectivity index (χ4n) is 3.09. The van der Waals surface area contributed by atoms with Crippen LogP contribution >= 0.6 is 22.9 Å². The molecular weight excluding hydrogens is 472 g/mol. The second-order valence-electron chi connectivity index (χ2n) is 7.19. The van der Waals surface area contributed by atoms with E-state index in [0.29, 0.717) is 40.2 Å². The van der Waals surface area contributed by atoms with Crippen molar-refractivity contribution in [1.82, 2.24) is 4.98 Å². The van der Waals surface area contributed by atoms with E-state index < -0.39 is 0 Å². The zero-order valence-electron chi connectivity index (χ0n) is 18.3. The Hall–Kier alpha value is -3.68. The summed E-state index contributed by atoms with van der Waals surface area (Å²) in [5.41, 5.74) is 2.92. The number of amides is 1. The summed E-state index contributed by atoms with van der Waals surface area (Å²) in [6.45, 7) is 2.45. The Bertz CT molecular complexity index is 1350. The Morgan fingerprint density at radius 1 is 1.09 bits per heavy atom. The van der Waals surface area contributed by atoms with Gasteiger partial charge >= 0.3 is 5.97 Å². The molecule has 4 rings (SSSR count). The molecule has 0 aliphatic heterocycles. The average molecular weight is 493 g/mol. The van der Waals surface area contributed by atoms with E-state index in [9.17, 15) is 9.59 Å². The molecule has 0 aliphatic rings. The highest BCUT2D eigenvalue weighted by molar-refractivity contribution is 7.22. The van der Waals surface area contributed by atoms with E-state index >= 15 is 0 Å². The first-order valence-corrected chi connectivity index (χ1v) is 11.7. The summed E-state index contributed by atoms with van der Waals surface area (Å²) in [6, 6.07) is 20.0. The van der Waals surface area contributed by atoms with Gasteiger partial charge in [0.25, 0.3) is 0 Å². The third-order valence-electron chi connectivity index (χ3n) is 4.79. The lowest BCUT2D eigenvalue weighted by Gasteiger charge is -2.07. The zero-order valence-corrected chi connectivity index (χ0v) is 19.9. The molecule has 34 heavy (non-hydrogen) atoms. The highest BCUT2D eigenvalue weighted by Crippen LogP contribution is 2.27. The molecule has 6 nitrogen and oxygen atoms in total. The number of esters is 1. The first kappa shape index (κ1) is 23.5. The highest BCUT2D eigenvalue weighted by atomic mass is 35.5. The summed E-state index contributed by atoms with van der Waals surface area (Å²) in [4.78, 5) is 28.6. The molecule has 0 saturated heterocycles. The summed E-state index contributed by atoms with van der Waals surface area (Å²) in [5.74, 6) is 0.0218. The van der Waals surface area contributed by atoms with Gasteiger partial charge in [-0.15, -0.1) is 0 Å². The van der Waals surface area contributed by atoms with Gasteiger partial charge in [-0.2, -0.15) is 0 Å². The molecule has 0 saturated carbocycles. The quantitative estimate of drug-likeness (QED) is 0.229. The van der Waals surface area contributed by atoms with E-state index in [-0.39, 0.29) is 11.9 Å². The van der Waals surface area contributed by atoms with Gasteiger partial charge < -0.3 is 9.47 Å². The van der Waals surface area contributed by atoms with E-state index in [2.05, 4.69) is 10.3 Å². The molecule has 8 heteroatoms. The van der Waals surface area contributed by atoms with Crippen LogP contribution in [0.1, 0.15) is 28.4 Å². The summed E-state index contributed by atoms with van der Waals surface area (Å²) >= 11 is 7.44. The predicted molar refractivity (Wildman–Crippen MR) is 135 cm³/mol. The van der Waals surface area contributed by atoms with Crippen LogP contribution < -0.4 is 10.1 Å². The van der Waals surface area contributed by atoms with Crippen molar-refractivity contribution >= 4 is 56.2 Å². The molecule has 0 unspecified atom stereocenters. The van der Waals surface area contributed by atoms with E-state index in [1.54, 1.807) is 31.2 Å². The Labute approximate surface area is 205 Å². The van der Waals surface area contributed by atoms with Crippen LogP contribution in [0.3, 0.4) is 0 Å². The predicted octanol–water partition coefficient (Wildman–Crippen LogP) is 6.36. The maximum atomic E-state index is 12.3. The molecule has 1 N–H and O–H groups in total. The fraction of sp³-hybridized carbons (Fsp3) is 0.115. The van der Waals surface area contributed by atoms with E-state index in [1.807, 2.05) is 48.5 Å². The smallest absolute Gasteiger partial charge is 0.338 e. The molecule has 0 atom stereocenters. The second kappa shape index (κ2) is 11.0. The number of aromatic nitrogens is 1.